The highest BCUT2D eigenvalue weighted by molar-refractivity contribution is 9.10. The average Bonchev–Trinajstić information content (AvgIpc) is 2.92. The Bertz CT molecular complexity index is 733. The van der Waals surface area contributed by atoms with Crippen molar-refractivity contribution in [3.63, 3.8) is 0 Å². The maximum Gasteiger partial charge on any atom is 0.338 e. The van der Waals surface area contributed by atoms with Crippen LogP contribution in [-0.2, 0) is 5.54 Å². The third-order valence-corrected chi connectivity index (χ3v) is 4.50. The van der Waals surface area contributed by atoms with E-state index in [1.54, 1.807) is 0 Å². The minimum Gasteiger partial charge on any atom is -0.478 e. The molecule has 1 aromatic carbocycles. The monoisotopic (exact) mass is 363 g/mol. The van der Waals surface area contributed by atoms with Crippen molar-refractivity contribution in [2.24, 2.45) is 0 Å². The second kappa shape index (κ2) is 5.61. The molecule has 0 unspecified atom stereocenters. The quantitative estimate of drug-likeness (QED) is 0.870. The first-order valence-corrected chi connectivity index (χ1v) is 7.70. The smallest absolute Gasteiger partial charge is 0.338 e. The van der Waals surface area contributed by atoms with Gasteiger partial charge in [-0.05, 0) is 37.0 Å². The number of nitrogens with one attached hydrogen (secondary N) is 1. The number of amides is 1. The van der Waals surface area contributed by atoms with Crippen LogP contribution in [0.3, 0.4) is 0 Å². The van der Waals surface area contributed by atoms with Gasteiger partial charge in [0.15, 0.2) is 5.76 Å². The van der Waals surface area contributed by atoms with E-state index in [2.05, 4.69) is 21.2 Å². The van der Waals surface area contributed by atoms with Crippen LogP contribution in [0.2, 0.25) is 0 Å². The number of rotatable bonds is 4. The number of benzene rings is 1. The number of carbonyl (C=O) groups excluding carboxylic acids is 1. The first kappa shape index (κ1) is 14.8. The molecule has 1 aromatic heterocycles. The molecule has 3 rings (SSSR count). The number of furan rings is 1. The molecule has 0 bridgehead atoms. The SMILES string of the molecule is O=C(O)c1coc(C(=O)NC2(c3cccc(Br)c3)CCC2)c1. The van der Waals surface area contributed by atoms with Crippen LogP contribution in [0.1, 0.15) is 45.7 Å². The van der Waals surface area contributed by atoms with Gasteiger partial charge in [-0.1, -0.05) is 28.1 Å². The fourth-order valence-corrected chi connectivity index (χ4v) is 3.05. The molecule has 0 aliphatic heterocycles. The van der Waals surface area contributed by atoms with Gasteiger partial charge >= 0.3 is 5.97 Å². The number of aromatic carboxylic acids is 1. The molecule has 2 N–H and O–H groups in total. The second-order valence-corrected chi connectivity index (χ2v) is 6.32. The van der Waals surface area contributed by atoms with Crippen LogP contribution < -0.4 is 5.32 Å². The van der Waals surface area contributed by atoms with Crippen molar-refractivity contribution in [1.82, 2.24) is 5.32 Å². The maximum absolute atomic E-state index is 12.3. The molecule has 1 heterocycles. The number of hydrogen-bond donors (Lipinski definition) is 2. The zero-order valence-corrected chi connectivity index (χ0v) is 13.2. The van der Waals surface area contributed by atoms with E-state index in [1.807, 2.05) is 24.3 Å². The molecule has 1 aliphatic carbocycles. The van der Waals surface area contributed by atoms with Crippen LogP contribution >= 0.6 is 15.9 Å². The molecule has 0 radical (unpaired) electrons. The van der Waals surface area contributed by atoms with Gasteiger partial charge in [-0.2, -0.15) is 0 Å². The van der Waals surface area contributed by atoms with Crippen molar-refractivity contribution in [2.45, 2.75) is 24.8 Å². The Morgan fingerprint density at radius 2 is 2.05 bits per heavy atom. The summed E-state index contributed by atoms with van der Waals surface area (Å²) in [5.74, 6) is -1.50. The highest BCUT2D eigenvalue weighted by Crippen LogP contribution is 2.42. The first-order chi connectivity index (χ1) is 10.5. The Morgan fingerprint density at radius 3 is 2.59 bits per heavy atom. The number of carboxylic acids is 1. The van der Waals surface area contributed by atoms with Crippen molar-refractivity contribution in [3.8, 4) is 0 Å². The van der Waals surface area contributed by atoms with Gasteiger partial charge in [0, 0.05) is 10.5 Å². The second-order valence-electron chi connectivity index (χ2n) is 5.40. The van der Waals surface area contributed by atoms with E-state index in [4.69, 9.17) is 9.52 Å². The van der Waals surface area contributed by atoms with Crippen LogP contribution in [-0.4, -0.2) is 17.0 Å². The lowest BCUT2D eigenvalue weighted by Crippen LogP contribution is -2.50. The van der Waals surface area contributed by atoms with Crippen molar-refractivity contribution in [2.75, 3.05) is 0 Å². The molecule has 6 heteroatoms. The Hall–Kier alpha value is -2.08. The lowest BCUT2D eigenvalue weighted by Gasteiger charge is -2.43. The van der Waals surface area contributed by atoms with Crippen molar-refractivity contribution in [1.29, 1.82) is 0 Å². The molecule has 5 nitrogen and oxygen atoms in total. The number of carboxylic acid groups (broad SMARTS) is 1. The molecule has 1 fully saturated rings. The highest BCUT2D eigenvalue weighted by atomic mass is 79.9. The molecule has 1 amide bonds. The Morgan fingerprint density at radius 1 is 1.27 bits per heavy atom. The predicted octanol–water partition coefficient (Wildman–Crippen LogP) is 3.55. The molecule has 114 valence electrons. The van der Waals surface area contributed by atoms with E-state index in [0.717, 1.165) is 35.6 Å². The first-order valence-electron chi connectivity index (χ1n) is 6.91. The minimum absolute atomic E-state index is 0.0127. The molecule has 1 saturated carbocycles. The van der Waals surface area contributed by atoms with Gasteiger partial charge in [0.2, 0.25) is 0 Å². The zero-order valence-electron chi connectivity index (χ0n) is 11.6. The molecule has 0 saturated heterocycles. The average molecular weight is 364 g/mol. The van der Waals surface area contributed by atoms with E-state index in [9.17, 15) is 9.59 Å². The van der Waals surface area contributed by atoms with Crippen LogP contribution in [0, 0.1) is 0 Å². The minimum atomic E-state index is -1.12. The van der Waals surface area contributed by atoms with Crippen molar-refractivity contribution >= 4 is 27.8 Å². The van der Waals surface area contributed by atoms with E-state index in [0.29, 0.717) is 0 Å². The lowest BCUT2D eigenvalue weighted by molar-refractivity contribution is 0.0695. The Labute approximate surface area is 135 Å². The van der Waals surface area contributed by atoms with E-state index in [1.165, 1.54) is 6.07 Å². The molecule has 2 aromatic rings. The van der Waals surface area contributed by atoms with E-state index < -0.39 is 17.4 Å². The van der Waals surface area contributed by atoms with Gasteiger partial charge in [-0.25, -0.2) is 4.79 Å². The molecular formula is C16H14BrNO4. The highest BCUT2D eigenvalue weighted by Gasteiger charge is 2.40. The fraction of sp³-hybridized carbons (Fsp3) is 0.250. The summed E-state index contributed by atoms with van der Waals surface area (Å²) in [5.41, 5.74) is 0.596. The lowest BCUT2D eigenvalue weighted by atomic mass is 9.71. The molecule has 1 aliphatic rings. The van der Waals surface area contributed by atoms with Gasteiger partial charge in [0.25, 0.3) is 5.91 Å². The van der Waals surface area contributed by atoms with Crippen LogP contribution in [0.15, 0.2) is 45.5 Å². The Kier molecular flexibility index (Phi) is 3.78. The predicted molar refractivity (Wildman–Crippen MR) is 82.8 cm³/mol. The van der Waals surface area contributed by atoms with Crippen LogP contribution in [0.4, 0.5) is 0 Å². The van der Waals surface area contributed by atoms with Crippen molar-refractivity contribution < 1.29 is 19.1 Å². The summed E-state index contributed by atoms with van der Waals surface area (Å²) in [4.78, 5) is 23.2. The normalized spacial score (nSPS) is 15.9. The third kappa shape index (κ3) is 2.66. The number of hydrogen-bond acceptors (Lipinski definition) is 3. The topological polar surface area (TPSA) is 79.5 Å². The van der Waals surface area contributed by atoms with Gasteiger partial charge < -0.3 is 14.8 Å². The van der Waals surface area contributed by atoms with E-state index in [-0.39, 0.29) is 11.3 Å². The van der Waals surface area contributed by atoms with Gasteiger partial charge in [-0.15, -0.1) is 0 Å². The van der Waals surface area contributed by atoms with Crippen molar-refractivity contribution in [3.05, 3.63) is 58.0 Å². The standard InChI is InChI=1S/C16H14BrNO4/c17-12-4-1-3-11(8-12)16(5-2-6-16)18-14(19)13-7-10(9-22-13)15(20)21/h1,3-4,7-9H,2,5-6H2,(H,18,19)(H,20,21). The van der Waals surface area contributed by atoms with Gasteiger partial charge in [0.05, 0.1) is 11.1 Å². The molecule has 22 heavy (non-hydrogen) atoms. The summed E-state index contributed by atoms with van der Waals surface area (Å²) in [6.07, 6.45) is 3.80. The van der Waals surface area contributed by atoms with Crippen LogP contribution in [0.25, 0.3) is 0 Å². The summed E-state index contributed by atoms with van der Waals surface area (Å²) in [7, 11) is 0. The summed E-state index contributed by atoms with van der Waals surface area (Å²) in [5, 5.41) is 11.9. The summed E-state index contributed by atoms with van der Waals surface area (Å²) in [6.45, 7) is 0. The third-order valence-electron chi connectivity index (χ3n) is 4.01. The largest absolute Gasteiger partial charge is 0.478 e. The molecular weight excluding hydrogens is 350 g/mol. The van der Waals surface area contributed by atoms with Gasteiger partial charge in [0.1, 0.15) is 6.26 Å². The Balaban J connectivity index is 1.83. The summed E-state index contributed by atoms with van der Waals surface area (Å²) >= 11 is 3.44. The maximum atomic E-state index is 12.3. The summed E-state index contributed by atoms with van der Waals surface area (Å²) < 4.78 is 6.01. The summed E-state index contributed by atoms with van der Waals surface area (Å²) in [6, 6.07) is 9.08. The van der Waals surface area contributed by atoms with E-state index >= 15 is 0 Å². The fourth-order valence-electron chi connectivity index (χ4n) is 2.65. The van der Waals surface area contributed by atoms with Crippen LogP contribution in [0.5, 0.6) is 0 Å². The number of carbonyl (C=O) groups is 2. The number of halogens is 1. The van der Waals surface area contributed by atoms with Gasteiger partial charge in [-0.3, -0.25) is 4.79 Å². The molecule has 0 atom stereocenters. The molecule has 0 spiro atoms. The zero-order chi connectivity index (χ0) is 15.7.